The normalized spacial score (nSPS) is 13.3. The Bertz CT molecular complexity index is 832. The highest BCUT2D eigenvalue weighted by molar-refractivity contribution is 5.96. The summed E-state index contributed by atoms with van der Waals surface area (Å²) in [4.78, 5) is 51.8. The van der Waals surface area contributed by atoms with Crippen LogP contribution in [-0.2, 0) is 25.5 Å². The number of ether oxygens (including phenoxy) is 2. The maximum atomic E-state index is 13.3. The molecule has 0 aliphatic carbocycles. The van der Waals surface area contributed by atoms with Crippen LogP contribution in [0.2, 0.25) is 0 Å². The van der Waals surface area contributed by atoms with Crippen LogP contribution in [0.5, 0.6) is 0 Å². The van der Waals surface area contributed by atoms with Gasteiger partial charge >= 0.3 is 18.2 Å². The molecule has 0 saturated carbocycles. The molecule has 1 aromatic carbocycles. The zero-order chi connectivity index (χ0) is 26.8. The van der Waals surface area contributed by atoms with Gasteiger partial charge in [-0.25, -0.2) is 14.4 Å². The molecule has 0 aromatic heterocycles. The molecule has 2 atom stereocenters. The topological polar surface area (TPSA) is 148 Å². The predicted molar refractivity (Wildman–Crippen MR) is 131 cm³/mol. The fourth-order valence-corrected chi connectivity index (χ4v) is 3.12. The smallest absolute Gasteiger partial charge is 0.420 e. The van der Waals surface area contributed by atoms with E-state index in [2.05, 4.69) is 5.32 Å². The minimum absolute atomic E-state index is 0.00580. The summed E-state index contributed by atoms with van der Waals surface area (Å²) in [5.74, 6) is -2.04. The number of aryl methyl sites for hydroxylation is 1. The van der Waals surface area contributed by atoms with Crippen LogP contribution < -0.4 is 11.1 Å². The quantitative estimate of drug-likeness (QED) is 0.449. The first-order chi connectivity index (χ1) is 16.1. The van der Waals surface area contributed by atoms with E-state index in [0.29, 0.717) is 17.7 Å². The number of nitrogens with one attached hydrogen (secondary N) is 1. The molecule has 10 heteroatoms. The van der Waals surface area contributed by atoms with Crippen LogP contribution in [0.25, 0.3) is 0 Å². The molecule has 0 saturated heterocycles. The molecular formula is C25H39N3O7. The summed E-state index contributed by atoms with van der Waals surface area (Å²) in [7, 11) is 0. The number of carboxylic acids is 1. The number of carbonyl (C=O) groups is 4. The van der Waals surface area contributed by atoms with Crippen molar-refractivity contribution in [1.29, 1.82) is 0 Å². The van der Waals surface area contributed by atoms with Gasteiger partial charge in [0.15, 0.2) is 0 Å². The van der Waals surface area contributed by atoms with E-state index in [1.165, 1.54) is 0 Å². The van der Waals surface area contributed by atoms with Crippen molar-refractivity contribution in [3.8, 4) is 0 Å². The molecule has 1 rings (SSSR count). The maximum Gasteiger partial charge on any atom is 0.420 e. The summed E-state index contributed by atoms with van der Waals surface area (Å²) < 4.78 is 10.7. The second-order valence-electron chi connectivity index (χ2n) is 10.2. The second-order valence-corrected chi connectivity index (χ2v) is 10.2. The van der Waals surface area contributed by atoms with Gasteiger partial charge < -0.3 is 25.6 Å². The number of aliphatic carboxylic acids is 1. The average Bonchev–Trinajstić information content (AvgIpc) is 2.71. The van der Waals surface area contributed by atoms with Crippen molar-refractivity contribution in [3.63, 3.8) is 0 Å². The van der Waals surface area contributed by atoms with Crippen LogP contribution in [0.4, 0.5) is 9.59 Å². The fourth-order valence-electron chi connectivity index (χ4n) is 3.12. The Morgan fingerprint density at radius 3 is 1.89 bits per heavy atom. The van der Waals surface area contributed by atoms with E-state index >= 15 is 0 Å². The van der Waals surface area contributed by atoms with E-state index in [1.807, 2.05) is 30.3 Å². The highest BCUT2D eigenvalue weighted by atomic mass is 16.6. The van der Waals surface area contributed by atoms with E-state index in [9.17, 15) is 24.3 Å². The minimum atomic E-state index is -1.37. The standard InChI is InChI=1S/C25H39N3O7/c1-24(2,3)34-22(32)28(23(33)35-25(4,5)6)19(13-10-16-26)20(29)27-18(21(30)31)15-14-17-11-8-7-9-12-17/h7-9,11-12,18-19H,10,13-16,26H2,1-6H3,(H,27,29)(H,30,31)/t18-,19+/m1/s1. The van der Waals surface area contributed by atoms with E-state index in [1.54, 1.807) is 41.5 Å². The van der Waals surface area contributed by atoms with Gasteiger partial charge in [0.05, 0.1) is 0 Å². The first-order valence-electron chi connectivity index (χ1n) is 11.7. The van der Waals surface area contributed by atoms with Crippen molar-refractivity contribution in [2.24, 2.45) is 5.73 Å². The molecule has 196 valence electrons. The van der Waals surface area contributed by atoms with Gasteiger partial charge in [-0.1, -0.05) is 30.3 Å². The Hall–Kier alpha value is -3.14. The molecule has 0 radical (unpaired) electrons. The number of hydrogen-bond donors (Lipinski definition) is 3. The van der Waals surface area contributed by atoms with Gasteiger partial charge in [-0.05, 0) is 79.3 Å². The number of hydrogen-bond acceptors (Lipinski definition) is 7. The monoisotopic (exact) mass is 493 g/mol. The average molecular weight is 494 g/mol. The number of amides is 3. The van der Waals surface area contributed by atoms with Crippen molar-refractivity contribution in [2.75, 3.05) is 6.54 Å². The number of benzene rings is 1. The van der Waals surface area contributed by atoms with Gasteiger partial charge in [0.2, 0.25) is 5.91 Å². The van der Waals surface area contributed by atoms with Gasteiger partial charge in [0.25, 0.3) is 0 Å². The molecule has 3 amide bonds. The number of carbonyl (C=O) groups excluding carboxylic acids is 3. The van der Waals surface area contributed by atoms with Crippen LogP contribution in [0.1, 0.15) is 66.4 Å². The lowest BCUT2D eigenvalue weighted by Gasteiger charge is -2.33. The van der Waals surface area contributed by atoms with Gasteiger partial charge in [-0.2, -0.15) is 4.90 Å². The molecular weight excluding hydrogens is 454 g/mol. The fraction of sp³-hybridized carbons (Fsp3) is 0.600. The molecule has 0 bridgehead atoms. The molecule has 0 heterocycles. The van der Waals surface area contributed by atoms with Crippen LogP contribution in [-0.4, -0.2) is 63.9 Å². The van der Waals surface area contributed by atoms with E-state index in [0.717, 1.165) is 5.56 Å². The number of rotatable bonds is 10. The SMILES string of the molecule is CC(C)(C)OC(=O)N(C(=O)OC(C)(C)C)[C@@H](CCCN)C(=O)N[C@H](CCc1ccccc1)C(=O)O. The Kier molecular flexibility index (Phi) is 11.2. The van der Waals surface area contributed by atoms with Gasteiger partial charge in [-0.3, -0.25) is 4.79 Å². The molecule has 35 heavy (non-hydrogen) atoms. The van der Waals surface area contributed by atoms with Crippen molar-refractivity contribution < 1.29 is 33.8 Å². The Labute approximate surface area is 207 Å². The summed E-state index contributed by atoms with van der Waals surface area (Å²) in [6, 6.07) is 6.64. The largest absolute Gasteiger partial charge is 0.480 e. The lowest BCUT2D eigenvalue weighted by Crippen LogP contribution is -2.57. The first kappa shape index (κ1) is 29.9. The van der Waals surface area contributed by atoms with Crippen molar-refractivity contribution in [3.05, 3.63) is 35.9 Å². The number of nitrogens with zero attached hydrogens (tertiary/aromatic N) is 1. The van der Waals surface area contributed by atoms with Gasteiger partial charge in [-0.15, -0.1) is 0 Å². The summed E-state index contributed by atoms with van der Waals surface area (Å²) in [5.41, 5.74) is 4.63. The number of carboxylic acid groups (broad SMARTS) is 1. The summed E-state index contributed by atoms with van der Waals surface area (Å²) in [6.07, 6.45) is -1.31. The van der Waals surface area contributed by atoms with Gasteiger partial charge in [0, 0.05) is 0 Å². The Morgan fingerprint density at radius 1 is 0.943 bits per heavy atom. The van der Waals surface area contributed by atoms with Crippen molar-refractivity contribution in [1.82, 2.24) is 10.2 Å². The van der Waals surface area contributed by atoms with Crippen LogP contribution >= 0.6 is 0 Å². The van der Waals surface area contributed by atoms with E-state index in [4.69, 9.17) is 15.2 Å². The zero-order valence-electron chi connectivity index (χ0n) is 21.5. The Balaban J connectivity index is 3.22. The van der Waals surface area contributed by atoms with Crippen molar-refractivity contribution >= 4 is 24.1 Å². The lowest BCUT2D eigenvalue weighted by atomic mass is 10.0. The maximum absolute atomic E-state index is 13.3. The van der Waals surface area contributed by atoms with Gasteiger partial charge in [0.1, 0.15) is 23.3 Å². The first-order valence-corrected chi connectivity index (χ1v) is 11.7. The van der Waals surface area contributed by atoms with E-state index in [-0.39, 0.29) is 19.4 Å². The molecule has 10 nitrogen and oxygen atoms in total. The molecule has 0 spiro atoms. The molecule has 1 aromatic rings. The highest BCUT2D eigenvalue weighted by Crippen LogP contribution is 2.19. The summed E-state index contributed by atoms with van der Waals surface area (Å²) in [5, 5.41) is 12.2. The zero-order valence-corrected chi connectivity index (χ0v) is 21.5. The van der Waals surface area contributed by atoms with E-state index < -0.39 is 47.3 Å². The summed E-state index contributed by atoms with van der Waals surface area (Å²) >= 11 is 0. The highest BCUT2D eigenvalue weighted by Gasteiger charge is 2.40. The number of imide groups is 1. The molecule has 0 fully saturated rings. The third-order valence-electron chi connectivity index (χ3n) is 4.66. The van der Waals surface area contributed by atoms with Crippen LogP contribution in [0.15, 0.2) is 30.3 Å². The minimum Gasteiger partial charge on any atom is -0.480 e. The van der Waals surface area contributed by atoms with Crippen LogP contribution in [0, 0.1) is 0 Å². The Morgan fingerprint density at radius 2 is 1.46 bits per heavy atom. The third kappa shape index (κ3) is 11.2. The molecule has 0 aliphatic rings. The van der Waals surface area contributed by atoms with Crippen molar-refractivity contribution in [2.45, 2.75) is 90.5 Å². The lowest BCUT2D eigenvalue weighted by molar-refractivity contribution is -0.142. The third-order valence-corrected chi connectivity index (χ3v) is 4.66. The number of nitrogens with two attached hydrogens (primary N) is 1. The molecule has 0 unspecified atom stereocenters. The second kappa shape index (κ2) is 13.1. The molecule has 4 N–H and O–H groups in total. The summed E-state index contributed by atoms with van der Waals surface area (Å²) in [6.45, 7) is 9.92. The predicted octanol–water partition coefficient (Wildman–Crippen LogP) is 3.47. The van der Waals surface area contributed by atoms with Crippen LogP contribution in [0.3, 0.4) is 0 Å². The molecule has 0 aliphatic heterocycles.